The Morgan fingerprint density at radius 2 is 1.62 bits per heavy atom. The summed E-state index contributed by atoms with van der Waals surface area (Å²) in [7, 11) is 0. The molecule has 0 spiro atoms. The van der Waals surface area contributed by atoms with E-state index in [1.807, 2.05) is 55.5 Å². The molecule has 2 N–H and O–H groups in total. The molecule has 4 heteroatoms. The van der Waals surface area contributed by atoms with Gasteiger partial charge in [0, 0.05) is 16.9 Å². The normalized spacial score (nSPS) is 10.3. The van der Waals surface area contributed by atoms with E-state index in [4.69, 9.17) is 18.0 Å². The van der Waals surface area contributed by atoms with Crippen molar-refractivity contribution in [2.45, 2.75) is 12.7 Å². The first-order valence-electron chi connectivity index (χ1n) is 6.62. The number of nitrogens with two attached hydrogens (primary N) is 1. The van der Waals surface area contributed by atoms with Crippen LogP contribution in [0.4, 0.5) is 0 Å². The number of Topliss-reactive ketones (excluding diaryl/α,β-unsaturated/α-hetero) is 1. The second kappa shape index (κ2) is 7.38. The van der Waals surface area contributed by atoms with Crippen molar-refractivity contribution in [2.75, 3.05) is 5.75 Å². The third-order valence-electron chi connectivity index (χ3n) is 3.11. The molecule has 0 bridgehead atoms. The van der Waals surface area contributed by atoms with E-state index < -0.39 is 0 Å². The SMILES string of the molecule is Cc1ccc(C(=O)CSCc2ccc(C(N)=S)cc2)cc1. The fourth-order valence-corrected chi connectivity index (χ4v) is 2.87. The number of hydrogen-bond acceptors (Lipinski definition) is 3. The summed E-state index contributed by atoms with van der Waals surface area (Å²) in [6.07, 6.45) is 0. The number of hydrogen-bond donors (Lipinski definition) is 1. The molecule has 0 aromatic heterocycles. The number of thioether (sulfide) groups is 1. The predicted molar refractivity (Wildman–Crippen MR) is 94.0 cm³/mol. The lowest BCUT2D eigenvalue weighted by Gasteiger charge is -2.04. The number of aryl methyl sites for hydroxylation is 1. The molecule has 108 valence electrons. The molecule has 2 aromatic carbocycles. The molecule has 2 aromatic rings. The standard InChI is InChI=1S/C17H17NOS2/c1-12-2-6-14(7-3-12)16(19)11-21-10-13-4-8-15(9-5-13)17(18)20/h2-9H,10-11H2,1H3,(H2,18,20). The smallest absolute Gasteiger partial charge is 0.172 e. The van der Waals surface area contributed by atoms with Crippen molar-refractivity contribution >= 4 is 34.8 Å². The van der Waals surface area contributed by atoms with Crippen molar-refractivity contribution in [2.24, 2.45) is 5.73 Å². The van der Waals surface area contributed by atoms with E-state index in [0.717, 1.165) is 28.0 Å². The Bertz CT molecular complexity index is 633. The van der Waals surface area contributed by atoms with Crippen LogP contribution in [0.2, 0.25) is 0 Å². The fraction of sp³-hybridized carbons (Fsp3) is 0.176. The van der Waals surface area contributed by atoms with Gasteiger partial charge in [-0.05, 0) is 12.5 Å². The highest BCUT2D eigenvalue weighted by atomic mass is 32.2. The van der Waals surface area contributed by atoms with E-state index in [-0.39, 0.29) is 5.78 Å². The molecule has 2 rings (SSSR count). The zero-order valence-electron chi connectivity index (χ0n) is 11.8. The van der Waals surface area contributed by atoms with Crippen molar-refractivity contribution < 1.29 is 4.79 Å². The van der Waals surface area contributed by atoms with Crippen LogP contribution >= 0.6 is 24.0 Å². The maximum atomic E-state index is 12.0. The largest absolute Gasteiger partial charge is 0.389 e. The van der Waals surface area contributed by atoms with E-state index >= 15 is 0 Å². The zero-order chi connectivity index (χ0) is 15.2. The Kier molecular flexibility index (Phi) is 5.53. The summed E-state index contributed by atoms with van der Waals surface area (Å²) >= 11 is 6.53. The van der Waals surface area contributed by atoms with Crippen LogP contribution in [-0.4, -0.2) is 16.5 Å². The maximum absolute atomic E-state index is 12.0. The number of carbonyl (C=O) groups is 1. The monoisotopic (exact) mass is 315 g/mol. The van der Waals surface area contributed by atoms with Crippen LogP contribution in [0.5, 0.6) is 0 Å². The van der Waals surface area contributed by atoms with Gasteiger partial charge in [0.05, 0.1) is 5.75 Å². The van der Waals surface area contributed by atoms with Gasteiger partial charge >= 0.3 is 0 Å². The molecule has 0 atom stereocenters. The van der Waals surface area contributed by atoms with Crippen LogP contribution in [0.25, 0.3) is 0 Å². The second-order valence-corrected chi connectivity index (χ2v) is 6.27. The summed E-state index contributed by atoms with van der Waals surface area (Å²) in [6.45, 7) is 2.01. The molecular weight excluding hydrogens is 298 g/mol. The van der Waals surface area contributed by atoms with E-state index in [2.05, 4.69) is 0 Å². The van der Waals surface area contributed by atoms with Crippen LogP contribution in [-0.2, 0) is 5.75 Å². The van der Waals surface area contributed by atoms with Crippen LogP contribution in [0.1, 0.15) is 27.0 Å². The number of benzene rings is 2. The molecule has 0 saturated carbocycles. The first-order valence-corrected chi connectivity index (χ1v) is 8.19. The van der Waals surface area contributed by atoms with Crippen LogP contribution < -0.4 is 5.73 Å². The first-order chi connectivity index (χ1) is 10.1. The summed E-state index contributed by atoms with van der Waals surface area (Å²) in [4.78, 5) is 12.4. The Morgan fingerprint density at radius 1 is 1.05 bits per heavy atom. The van der Waals surface area contributed by atoms with Gasteiger partial charge in [-0.1, -0.05) is 66.3 Å². The lowest BCUT2D eigenvalue weighted by molar-refractivity contribution is 0.102. The van der Waals surface area contributed by atoms with Crippen molar-refractivity contribution in [1.82, 2.24) is 0 Å². The van der Waals surface area contributed by atoms with Gasteiger partial charge in [-0.15, -0.1) is 11.8 Å². The third-order valence-corrected chi connectivity index (χ3v) is 4.35. The molecule has 0 fully saturated rings. The van der Waals surface area contributed by atoms with Crippen molar-refractivity contribution in [3.8, 4) is 0 Å². The average Bonchev–Trinajstić information content (AvgIpc) is 2.48. The van der Waals surface area contributed by atoms with E-state index in [1.54, 1.807) is 11.8 Å². The quantitative estimate of drug-likeness (QED) is 0.651. The highest BCUT2D eigenvalue weighted by Crippen LogP contribution is 2.15. The highest BCUT2D eigenvalue weighted by molar-refractivity contribution is 7.99. The molecule has 0 aliphatic heterocycles. The minimum Gasteiger partial charge on any atom is -0.389 e. The molecule has 0 aliphatic carbocycles. The Labute approximate surface area is 134 Å². The molecule has 2 nitrogen and oxygen atoms in total. The lowest BCUT2D eigenvalue weighted by atomic mass is 10.1. The third kappa shape index (κ3) is 4.69. The van der Waals surface area contributed by atoms with Gasteiger partial charge in [0.1, 0.15) is 4.99 Å². The van der Waals surface area contributed by atoms with Gasteiger partial charge in [0.15, 0.2) is 5.78 Å². The highest BCUT2D eigenvalue weighted by Gasteiger charge is 2.06. The van der Waals surface area contributed by atoms with Crippen LogP contribution in [0.15, 0.2) is 48.5 Å². The number of rotatable bonds is 6. The van der Waals surface area contributed by atoms with Gasteiger partial charge in [-0.3, -0.25) is 4.79 Å². The molecule has 0 aliphatic rings. The van der Waals surface area contributed by atoms with Crippen molar-refractivity contribution in [1.29, 1.82) is 0 Å². The summed E-state index contributed by atoms with van der Waals surface area (Å²) in [5, 5.41) is 0. The zero-order valence-corrected chi connectivity index (χ0v) is 13.5. The molecule has 0 saturated heterocycles. The Morgan fingerprint density at radius 3 is 2.19 bits per heavy atom. The van der Waals surface area contributed by atoms with Crippen LogP contribution in [0, 0.1) is 6.92 Å². The number of carbonyl (C=O) groups excluding carboxylic acids is 1. The lowest BCUT2D eigenvalue weighted by Crippen LogP contribution is -2.08. The summed E-state index contributed by atoms with van der Waals surface area (Å²) in [5.41, 5.74) is 9.53. The van der Waals surface area contributed by atoms with E-state index in [0.29, 0.717) is 10.7 Å². The van der Waals surface area contributed by atoms with Gasteiger partial charge in [0.2, 0.25) is 0 Å². The van der Waals surface area contributed by atoms with Gasteiger partial charge in [-0.25, -0.2) is 0 Å². The molecular formula is C17H17NOS2. The maximum Gasteiger partial charge on any atom is 0.172 e. The molecule has 0 radical (unpaired) electrons. The number of thiocarbonyl (C=S) groups is 1. The van der Waals surface area contributed by atoms with Gasteiger partial charge in [0.25, 0.3) is 0 Å². The summed E-state index contributed by atoms with van der Waals surface area (Å²) in [5.74, 6) is 1.45. The molecule has 0 amide bonds. The van der Waals surface area contributed by atoms with E-state index in [9.17, 15) is 4.79 Å². The second-order valence-electron chi connectivity index (χ2n) is 4.84. The van der Waals surface area contributed by atoms with Gasteiger partial charge in [-0.2, -0.15) is 0 Å². The summed E-state index contributed by atoms with van der Waals surface area (Å²) in [6, 6.07) is 15.5. The fourth-order valence-electron chi connectivity index (χ4n) is 1.85. The van der Waals surface area contributed by atoms with Gasteiger partial charge < -0.3 is 5.73 Å². The van der Waals surface area contributed by atoms with Crippen molar-refractivity contribution in [3.05, 3.63) is 70.8 Å². The summed E-state index contributed by atoms with van der Waals surface area (Å²) < 4.78 is 0. The topological polar surface area (TPSA) is 43.1 Å². The van der Waals surface area contributed by atoms with Crippen LogP contribution in [0.3, 0.4) is 0 Å². The molecule has 0 unspecified atom stereocenters. The Hall–Kier alpha value is -1.65. The predicted octanol–water partition coefficient (Wildman–Crippen LogP) is 3.75. The molecule has 0 heterocycles. The average molecular weight is 315 g/mol. The van der Waals surface area contributed by atoms with Crippen molar-refractivity contribution in [3.63, 3.8) is 0 Å². The minimum absolute atomic E-state index is 0.166. The number of ketones is 1. The Balaban J connectivity index is 1.85. The minimum atomic E-state index is 0.166. The first kappa shape index (κ1) is 15.7. The molecule has 21 heavy (non-hydrogen) atoms. The van der Waals surface area contributed by atoms with E-state index in [1.165, 1.54) is 0 Å².